The molecule has 1 aliphatic heterocycles. The number of benzene rings is 2. The molecule has 5 heteroatoms. The Hall–Kier alpha value is -3.47. The van der Waals surface area contributed by atoms with E-state index in [1.165, 1.54) is 0 Å². The van der Waals surface area contributed by atoms with E-state index in [1.807, 2.05) is 66.2 Å². The zero-order valence-electron chi connectivity index (χ0n) is 19.4. The average Bonchev–Trinajstić information content (AvgIpc) is 2.98. The lowest BCUT2D eigenvalue weighted by atomic mass is 9.95. The van der Waals surface area contributed by atoms with Crippen molar-refractivity contribution in [3.8, 4) is 11.1 Å². The van der Waals surface area contributed by atoms with Crippen molar-refractivity contribution in [3.63, 3.8) is 0 Å². The molecule has 2 aromatic carbocycles. The van der Waals surface area contributed by atoms with Gasteiger partial charge >= 0.3 is 0 Å². The van der Waals surface area contributed by atoms with Crippen LogP contribution in [0.15, 0.2) is 73.1 Å². The number of nitrogens with zero attached hydrogens (tertiary/aromatic N) is 3. The predicted molar refractivity (Wildman–Crippen MR) is 131 cm³/mol. The van der Waals surface area contributed by atoms with Gasteiger partial charge in [-0.15, -0.1) is 0 Å². The highest BCUT2D eigenvalue weighted by molar-refractivity contribution is 5.83. The van der Waals surface area contributed by atoms with Gasteiger partial charge in [-0.05, 0) is 48.6 Å². The first-order valence-electron chi connectivity index (χ1n) is 11.6. The summed E-state index contributed by atoms with van der Waals surface area (Å²) >= 11 is 0. The molecule has 1 atom stereocenters. The van der Waals surface area contributed by atoms with Crippen LogP contribution in [0.3, 0.4) is 0 Å². The van der Waals surface area contributed by atoms with Crippen LogP contribution in [0.1, 0.15) is 23.6 Å². The summed E-state index contributed by atoms with van der Waals surface area (Å²) in [5.74, 6) is -0.0337. The number of carbonyl (C=O) groups is 2. The standard InChI is InChI=1S/C28H31N3O2/c1-3-30-13-14-31(27(32)18-22-8-4-7-21(2)15-22)20-26(28(30)33)17-23-9-5-10-24(16-23)25-11-6-12-29-19-25/h4-12,15-16,19,26H,3,13-14,17-18,20H2,1-2H3. The van der Waals surface area contributed by atoms with E-state index in [1.54, 1.807) is 6.20 Å². The van der Waals surface area contributed by atoms with Crippen LogP contribution >= 0.6 is 0 Å². The Labute approximate surface area is 196 Å². The molecule has 5 nitrogen and oxygen atoms in total. The second kappa shape index (κ2) is 10.4. The molecule has 33 heavy (non-hydrogen) atoms. The summed E-state index contributed by atoms with van der Waals surface area (Å²) in [6.07, 6.45) is 4.59. The van der Waals surface area contributed by atoms with Crippen molar-refractivity contribution in [1.82, 2.24) is 14.8 Å². The van der Waals surface area contributed by atoms with Crippen molar-refractivity contribution in [2.75, 3.05) is 26.2 Å². The van der Waals surface area contributed by atoms with E-state index in [-0.39, 0.29) is 17.7 Å². The monoisotopic (exact) mass is 441 g/mol. The molecular weight excluding hydrogens is 410 g/mol. The lowest BCUT2D eigenvalue weighted by molar-refractivity contribution is -0.134. The molecule has 1 aliphatic rings. The average molecular weight is 442 g/mol. The Morgan fingerprint density at radius 1 is 1.00 bits per heavy atom. The van der Waals surface area contributed by atoms with Crippen molar-refractivity contribution in [1.29, 1.82) is 0 Å². The van der Waals surface area contributed by atoms with Crippen LogP contribution < -0.4 is 0 Å². The van der Waals surface area contributed by atoms with Gasteiger partial charge in [-0.2, -0.15) is 0 Å². The molecule has 0 bridgehead atoms. The minimum absolute atomic E-state index is 0.0838. The molecule has 3 aromatic rings. The van der Waals surface area contributed by atoms with E-state index in [4.69, 9.17) is 0 Å². The van der Waals surface area contributed by atoms with Crippen molar-refractivity contribution < 1.29 is 9.59 Å². The molecule has 170 valence electrons. The Kier molecular flexibility index (Phi) is 7.18. The second-order valence-electron chi connectivity index (χ2n) is 8.77. The molecule has 0 aliphatic carbocycles. The number of aryl methyl sites for hydroxylation is 1. The van der Waals surface area contributed by atoms with Gasteiger partial charge in [0.2, 0.25) is 11.8 Å². The molecule has 0 N–H and O–H groups in total. The van der Waals surface area contributed by atoms with Crippen LogP contribution in [0.5, 0.6) is 0 Å². The Balaban J connectivity index is 1.53. The van der Waals surface area contributed by atoms with Crippen molar-refractivity contribution in [2.45, 2.75) is 26.7 Å². The smallest absolute Gasteiger partial charge is 0.227 e. The van der Waals surface area contributed by atoms with Crippen molar-refractivity contribution >= 4 is 11.8 Å². The van der Waals surface area contributed by atoms with E-state index in [0.29, 0.717) is 39.0 Å². The summed E-state index contributed by atoms with van der Waals surface area (Å²) < 4.78 is 0. The summed E-state index contributed by atoms with van der Waals surface area (Å²) in [4.78, 5) is 34.4. The molecule has 1 aromatic heterocycles. The van der Waals surface area contributed by atoms with Gasteiger partial charge in [-0.25, -0.2) is 0 Å². The number of hydrogen-bond acceptors (Lipinski definition) is 3. The fourth-order valence-electron chi connectivity index (χ4n) is 4.54. The Morgan fingerprint density at radius 2 is 1.79 bits per heavy atom. The molecular formula is C28H31N3O2. The van der Waals surface area contributed by atoms with Gasteiger partial charge in [0.15, 0.2) is 0 Å². The van der Waals surface area contributed by atoms with Gasteiger partial charge in [0, 0.05) is 38.6 Å². The van der Waals surface area contributed by atoms with Crippen LogP contribution in [0.2, 0.25) is 0 Å². The van der Waals surface area contributed by atoms with Crippen LogP contribution in [0, 0.1) is 12.8 Å². The van der Waals surface area contributed by atoms with E-state index in [0.717, 1.165) is 27.8 Å². The first kappa shape index (κ1) is 22.7. The number of carbonyl (C=O) groups excluding carboxylic acids is 2. The number of likely N-dealkylation sites (N-methyl/N-ethyl adjacent to an activating group) is 1. The minimum atomic E-state index is -0.252. The number of pyridine rings is 1. The highest BCUT2D eigenvalue weighted by Crippen LogP contribution is 2.23. The van der Waals surface area contributed by atoms with Gasteiger partial charge < -0.3 is 9.80 Å². The van der Waals surface area contributed by atoms with Crippen LogP contribution in [0.25, 0.3) is 11.1 Å². The van der Waals surface area contributed by atoms with Crippen LogP contribution in [0.4, 0.5) is 0 Å². The summed E-state index contributed by atoms with van der Waals surface area (Å²) in [6.45, 7) is 6.31. The molecule has 1 fully saturated rings. The normalized spacial score (nSPS) is 16.5. The maximum atomic E-state index is 13.3. The largest absolute Gasteiger partial charge is 0.341 e. The lowest BCUT2D eigenvalue weighted by Gasteiger charge is -2.24. The number of aromatic nitrogens is 1. The SMILES string of the molecule is CCN1CCN(C(=O)Cc2cccc(C)c2)CC(Cc2cccc(-c3cccnc3)c2)C1=O. The third-order valence-electron chi connectivity index (χ3n) is 6.32. The first-order chi connectivity index (χ1) is 16.0. The topological polar surface area (TPSA) is 53.5 Å². The van der Waals surface area contributed by atoms with E-state index < -0.39 is 0 Å². The van der Waals surface area contributed by atoms with Crippen molar-refractivity contribution in [2.24, 2.45) is 5.92 Å². The molecule has 1 unspecified atom stereocenters. The Morgan fingerprint density at radius 3 is 2.55 bits per heavy atom. The number of hydrogen-bond donors (Lipinski definition) is 0. The van der Waals surface area contributed by atoms with Crippen LogP contribution in [-0.4, -0.2) is 52.8 Å². The molecule has 2 amide bonds. The summed E-state index contributed by atoms with van der Waals surface area (Å²) in [5.41, 5.74) is 5.40. The minimum Gasteiger partial charge on any atom is -0.341 e. The molecule has 0 radical (unpaired) electrons. The maximum absolute atomic E-state index is 13.3. The number of amides is 2. The van der Waals surface area contributed by atoms with Gasteiger partial charge in [0.1, 0.15) is 0 Å². The van der Waals surface area contributed by atoms with E-state index in [9.17, 15) is 9.59 Å². The summed E-state index contributed by atoms with van der Waals surface area (Å²) in [5, 5.41) is 0. The third-order valence-corrected chi connectivity index (χ3v) is 6.32. The Bertz CT molecular complexity index is 1110. The molecule has 4 rings (SSSR count). The lowest BCUT2D eigenvalue weighted by Crippen LogP contribution is -2.38. The molecule has 0 spiro atoms. The van der Waals surface area contributed by atoms with Crippen LogP contribution in [-0.2, 0) is 22.4 Å². The first-order valence-corrected chi connectivity index (χ1v) is 11.6. The van der Waals surface area contributed by atoms with E-state index in [2.05, 4.69) is 29.2 Å². The maximum Gasteiger partial charge on any atom is 0.227 e. The van der Waals surface area contributed by atoms with Crippen molar-refractivity contribution in [3.05, 3.63) is 89.7 Å². The summed E-state index contributed by atoms with van der Waals surface area (Å²) in [6, 6.07) is 20.3. The van der Waals surface area contributed by atoms with Gasteiger partial charge in [-0.1, -0.05) is 60.2 Å². The fourth-order valence-corrected chi connectivity index (χ4v) is 4.54. The zero-order chi connectivity index (χ0) is 23.2. The highest BCUT2D eigenvalue weighted by Gasteiger charge is 2.31. The van der Waals surface area contributed by atoms with Gasteiger partial charge in [-0.3, -0.25) is 14.6 Å². The van der Waals surface area contributed by atoms with E-state index >= 15 is 0 Å². The highest BCUT2D eigenvalue weighted by atomic mass is 16.2. The van der Waals surface area contributed by atoms with Gasteiger partial charge in [0.05, 0.1) is 12.3 Å². The number of rotatable bonds is 6. The molecule has 0 saturated carbocycles. The molecule has 1 saturated heterocycles. The predicted octanol–water partition coefficient (Wildman–Crippen LogP) is 4.15. The zero-order valence-corrected chi connectivity index (χ0v) is 19.4. The third kappa shape index (κ3) is 5.67. The molecule has 2 heterocycles. The second-order valence-corrected chi connectivity index (χ2v) is 8.77. The van der Waals surface area contributed by atoms with Gasteiger partial charge in [0.25, 0.3) is 0 Å². The summed E-state index contributed by atoms with van der Waals surface area (Å²) in [7, 11) is 0. The quantitative estimate of drug-likeness (QED) is 0.578. The fraction of sp³-hybridized carbons (Fsp3) is 0.321.